The van der Waals surface area contributed by atoms with Crippen LogP contribution in [-0.4, -0.2) is 18.5 Å². The van der Waals surface area contributed by atoms with Gasteiger partial charge < -0.3 is 16.0 Å². The molecule has 0 fully saturated rings. The molecule has 126 valence electrons. The molecule has 0 heterocycles. The summed E-state index contributed by atoms with van der Waals surface area (Å²) >= 11 is 0. The molecule has 0 aliphatic rings. The maximum atomic E-state index is 12.8. The number of anilines is 1. The zero-order chi connectivity index (χ0) is 17.4. The second kappa shape index (κ2) is 8.67. The lowest BCUT2D eigenvalue weighted by Gasteiger charge is -2.09. The molecule has 3 N–H and O–H groups in total. The molecule has 5 nitrogen and oxygen atoms in total. The van der Waals surface area contributed by atoms with E-state index >= 15 is 0 Å². The zero-order valence-corrected chi connectivity index (χ0v) is 13.4. The topological polar surface area (TPSA) is 70.2 Å². The molecule has 0 aliphatic carbocycles. The van der Waals surface area contributed by atoms with Crippen LogP contribution in [0.5, 0.6) is 0 Å². The van der Waals surface area contributed by atoms with Gasteiger partial charge in [-0.05, 0) is 41.8 Å². The van der Waals surface area contributed by atoms with E-state index < -0.39 is 6.03 Å². The fourth-order valence-electron chi connectivity index (χ4n) is 2.08. The van der Waals surface area contributed by atoms with Crippen molar-refractivity contribution in [2.24, 2.45) is 0 Å². The molecule has 0 saturated carbocycles. The number of carbonyl (C=O) groups excluding carboxylic acids is 2. The molecule has 2 aromatic rings. The summed E-state index contributed by atoms with van der Waals surface area (Å²) in [4.78, 5) is 23.5. The van der Waals surface area contributed by atoms with Crippen LogP contribution in [0.15, 0.2) is 48.5 Å². The predicted octanol–water partition coefficient (Wildman–Crippen LogP) is 2.83. The largest absolute Gasteiger partial charge is 0.334 e. The van der Waals surface area contributed by atoms with E-state index in [9.17, 15) is 14.0 Å². The van der Waals surface area contributed by atoms with E-state index in [1.165, 1.54) is 12.1 Å². The highest BCUT2D eigenvalue weighted by Crippen LogP contribution is 2.10. The van der Waals surface area contributed by atoms with E-state index in [1.807, 2.05) is 25.1 Å². The fourth-order valence-corrected chi connectivity index (χ4v) is 2.08. The lowest BCUT2D eigenvalue weighted by Crippen LogP contribution is -2.39. The van der Waals surface area contributed by atoms with Gasteiger partial charge in [-0.1, -0.05) is 31.2 Å². The van der Waals surface area contributed by atoms with Crippen LogP contribution in [0.4, 0.5) is 14.9 Å². The first kappa shape index (κ1) is 17.5. The molecule has 6 heteroatoms. The minimum atomic E-state index is -0.461. The van der Waals surface area contributed by atoms with Crippen molar-refractivity contribution in [1.82, 2.24) is 10.6 Å². The Balaban J connectivity index is 1.72. The first-order valence-corrected chi connectivity index (χ1v) is 7.71. The Hall–Kier alpha value is -2.89. The number of amides is 3. The van der Waals surface area contributed by atoms with Crippen LogP contribution in [-0.2, 0) is 17.8 Å². The number of carbonyl (C=O) groups is 2. The zero-order valence-electron chi connectivity index (χ0n) is 13.4. The van der Waals surface area contributed by atoms with Gasteiger partial charge in [0.15, 0.2) is 0 Å². The molecule has 24 heavy (non-hydrogen) atoms. The first-order chi connectivity index (χ1) is 11.6. The summed E-state index contributed by atoms with van der Waals surface area (Å²) < 4.78 is 12.8. The van der Waals surface area contributed by atoms with Crippen molar-refractivity contribution < 1.29 is 14.0 Å². The molecule has 3 amide bonds. The van der Waals surface area contributed by atoms with Crippen molar-refractivity contribution in [3.05, 3.63) is 65.5 Å². The van der Waals surface area contributed by atoms with Gasteiger partial charge in [-0.2, -0.15) is 0 Å². The lowest BCUT2D eigenvalue weighted by molar-refractivity contribution is -0.115. The molecular formula is C18H20FN3O2. The van der Waals surface area contributed by atoms with E-state index in [1.54, 1.807) is 18.2 Å². The third-order valence-corrected chi connectivity index (χ3v) is 3.39. The number of urea groups is 1. The summed E-state index contributed by atoms with van der Waals surface area (Å²) in [6.07, 6.45) is 0.883. The summed E-state index contributed by atoms with van der Waals surface area (Å²) in [5.41, 5.74) is 2.60. The van der Waals surface area contributed by atoms with Crippen molar-refractivity contribution in [1.29, 1.82) is 0 Å². The quantitative estimate of drug-likeness (QED) is 0.763. The van der Waals surface area contributed by atoms with Crippen molar-refractivity contribution in [3.8, 4) is 0 Å². The van der Waals surface area contributed by atoms with Gasteiger partial charge in [-0.25, -0.2) is 9.18 Å². The number of halogens is 1. The molecule has 0 spiro atoms. The minimum absolute atomic E-state index is 0.133. The molecular weight excluding hydrogens is 309 g/mol. The monoisotopic (exact) mass is 329 g/mol. The minimum Gasteiger partial charge on any atom is -0.334 e. The SMILES string of the molecule is CCc1cccc(NC(=O)CNC(=O)NCc2ccc(F)cc2)c1. The maximum absolute atomic E-state index is 12.8. The highest BCUT2D eigenvalue weighted by molar-refractivity contribution is 5.94. The smallest absolute Gasteiger partial charge is 0.315 e. The number of hydrogen-bond acceptors (Lipinski definition) is 2. The Morgan fingerprint density at radius 2 is 1.75 bits per heavy atom. The molecule has 0 bridgehead atoms. The molecule has 0 radical (unpaired) electrons. The summed E-state index contributed by atoms with van der Waals surface area (Å²) in [6, 6.07) is 12.9. The maximum Gasteiger partial charge on any atom is 0.315 e. The van der Waals surface area contributed by atoms with E-state index in [-0.39, 0.29) is 24.8 Å². The number of rotatable bonds is 6. The second-order valence-corrected chi connectivity index (χ2v) is 5.26. The Morgan fingerprint density at radius 1 is 1.00 bits per heavy atom. The van der Waals surface area contributed by atoms with Gasteiger partial charge in [0.1, 0.15) is 5.82 Å². The number of aryl methyl sites for hydroxylation is 1. The summed E-state index contributed by atoms with van der Waals surface area (Å²) in [6.45, 7) is 2.16. The van der Waals surface area contributed by atoms with E-state index in [0.717, 1.165) is 17.5 Å². The van der Waals surface area contributed by atoms with Crippen molar-refractivity contribution in [2.45, 2.75) is 19.9 Å². The van der Waals surface area contributed by atoms with Gasteiger partial charge in [0.05, 0.1) is 6.54 Å². The van der Waals surface area contributed by atoms with Crippen molar-refractivity contribution >= 4 is 17.6 Å². The van der Waals surface area contributed by atoms with Crippen LogP contribution in [0, 0.1) is 5.82 Å². The van der Waals surface area contributed by atoms with Crippen LogP contribution < -0.4 is 16.0 Å². The van der Waals surface area contributed by atoms with Crippen LogP contribution in [0.25, 0.3) is 0 Å². The Morgan fingerprint density at radius 3 is 2.46 bits per heavy atom. The molecule has 2 rings (SSSR count). The number of benzene rings is 2. The molecule has 0 atom stereocenters. The van der Waals surface area contributed by atoms with Gasteiger partial charge >= 0.3 is 6.03 Å². The lowest BCUT2D eigenvalue weighted by atomic mass is 10.1. The van der Waals surface area contributed by atoms with Gasteiger partial charge in [-0.3, -0.25) is 4.79 Å². The normalized spacial score (nSPS) is 10.1. The molecule has 0 aliphatic heterocycles. The molecule has 2 aromatic carbocycles. The van der Waals surface area contributed by atoms with E-state index in [4.69, 9.17) is 0 Å². The third-order valence-electron chi connectivity index (χ3n) is 3.39. The van der Waals surface area contributed by atoms with E-state index in [0.29, 0.717) is 5.69 Å². The number of nitrogens with one attached hydrogen (secondary N) is 3. The molecule has 0 aromatic heterocycles. The highest BCUT2D eigenvalue weighted by Gasteiger charge is 2.06. The summed E-state index contributed by atoms with van der Waals surface area (Å²) in [7, 11) is 0. The summed E-state index contributed by atoms with van der Waals surface area (Å²) in [5, 5.41) is 7.81. The highest BCUT2D eigenvalue weighted by atomic mass is 19.1. The van der Waals surface area contributed by atoms with E-state index in [2.05, 4.69) is 16.0 Å². The van der Waals surface area contributed by atoms with Gasteiger partial charge in [0.25, 0.3) is 0 Å². The van der Waals surface area contributed by atoms with Crippen LogP contribution in [0.2, 0.25) is 0 Å². The Labute approximate surface area is 140 Å². The Bertz CT molecular complexity index is 702. The van der Waals surface area contributed by atoms with Gasteiger partial charge in [0, 0.05) is 12.2 Å². The Kier molecular flexibility index (Phi) is 6.31. The van der Waals surface area contributed by atoms with Crippen LogP contribution in [0.3, 0.4) is 0 Å². The third kappa shape index (κ3) is 5.72. The number of hydrogen-bond donors (Lipinski definition) is 3. The summed E-state index contributed by atoms with van der Waals surface area (Å²) in [5.74, 6) is -0.632. The fraction of sp³-hybridized carbons (Fsp3) is 0.222. The first-order valence-electron chi connectivity index (χ1n) is 7.71. The average Bonchev–Trinajstić information content (AvgIpc) is 2.59. The van der Waals surface area contributed by atoms with Crippen molar-refractivity contribution in [2.75, 3.05) is 11.9 Å². The van der Waals surface area contributed by atoms with Crippen LogP contribution in [0.1, 0.15) is 18.1 Å². The second-order valence-electron chi connectivity index (χ2n) is 5.26. The standard InChI is InChI=1S/C18H20FN3O2/c1-2-13-4-3-5-16(10-13)22-17(23)12-21-18(24)20-11-14-6-8-15(19)9-7-14/h3-10H,2,11-12H2,1H3,(H,22,23)(H2,20,21,24). The van der Waals surface area contributed by atoms with Gasteiger partial charge in [0.2, 0.25) is 5.91 Å². The average molecular weight is 329 g/mol. The van der Waals surface area contributed by atoms with Gasteiger partial charge in [-0.15, -0.1) is 0 Å². The van der Waals surface area contributed by atoms with Crippen LogP contribution >= 0.6 is 0 Å². The molecule has 0 unspecified atom stereocenters. The predicted molar refractivity (Wildman–Crippen MR) is 91.1 cm³/mol. The molecule has 0 saturated heterocycles. The van der Waals surface area contributed by atoms with Crippen molar-refractivity contribution in [3.63, 3.8) is 0 Å².